The average Bonchev–Trinajstić information content (AvgIpc) is 3.02. The van der Waals surface area contributed by atoms with Crippen molar-refractivity contribution < 1.29 is 0 Å². The number of hydrogen-bond acceptors (Lipinski definition) is 7. The van der Waals surface area contributed by atoms with Crippen molar-refractivity contribution in [3.8, 4) is 11.4 Å². The van der Waals surface area contributed by atoms with Gasteiger partial charge in [0.25, 0.3) is 0 Å². The number of nitrogens with two attached hydrogens (primary N) is 1. The zero-order valence-electron chi connectivity index (χ0n) is 15.2. The molecule has 3 aromatic heterocycles. The van der Waals surface area contributed by atoms with Gasteiger partial charge in [-0.2, -0.15) is 0 Å². The summed E-state index contributed by atoms with van der Waals surface area (Å²) in [5.41, 5.74) is 8.60. The number of nitrogens with one attached hydrogen (secondary N) is 1. The molecule has 3 heterocycles. The molecule has 136 valence electrons. The zero-order chi connectivity index (χ0) is 18.1. The van der Waals surface area contributed by atoms with E-state index in [1.807, 2.05) is 6.92 Å². The molecule has 1 fully saturated rings. The predicted molar refractivity (Wildman–Crippen MR) is 101 cm³/mol. The van der Waals surface area contributed by atoms with Crippen molar-refractivity contribution in [3.63, 3.8) is 0 Å². The Bertz CT molecular complexity index is 901. The number of imidazole rings is 1. The number of anilines is 1. The third kappa shape index (κ3) is 3.12. The van der Waals surface area contributed by atoms with Crippen molar-refractivity contribution in [2.75, 3.05) is 5.32 Å². The van der Waals surface area contributed by atoms with Crippen LogP contribution in [0.4, 0.5) is 5.82 Å². The van der Waals surface area contributed by atoms with Crippen LogP contribution in [0.5, 0.6) is 0 Å². The molecule has 3 N–H and O–H groups in total. The van der Waals surface area contributed by atoms with E-state index < -0.39 is 0 Å². The standard InChI is InChI=1S/C18H24N8/c1-3-26-17(12-8-20-11(2)21-9-12)25-15-16(22-10-23-18(15)26)24-14-6-4-5-13(19)7-14/h8-10,13-14H,3-7,19H2,1-2H3,(H,22,23,24). The molecule has 0 aliphatic heterocycles. The van der Waals surface area contributed by atoms with Crippen molar-refractivity contribution in [1.29, 1.82) is 0 Å². The molecule has 1 saturated carbocycles. The molecule has 1 aliphatic rings. The van der Waals surface area contributed by atoms with Crippen molar-refractivity contribution in [2.24, 2.45) is 5.73 Å². The summed E-state index contributed by atoms with van der Waals surface area (Å²) in [7, 11) is 0. The van der Waals surface area contributed by atoms with E-state index in [1.54, 1.807) is 18.7 Å². The van der Waals surface area contributed by atoms with Gasteiger partial charge >= 0.3 is 0 Å². The highest BCUT2D eigenvalue weighted by atomic mass is 15.2. The third-order valence-corrected chi connectivity index (χ3v) is 4.94. The topological polar surface area (TPSA) is 107 Å². The molecular formula is C18H24N8. The first-order chi connectivity index (χ1) is 12.7. The van der Waals surface area contributed by atoms with Crippen LogP contribution in [-0.2, 0) is 6.54 Å². The Labute approximate surface area is 152 Å². The molecule has 0 spiro atoms. The lowest BCUT2D eigenvalue weighted by molar-refractivity contribution is 0.409. The molecule has 2 atom stereocenters. The van der Waals surface area contributed by atoms with Crippen molar-refractivity contribution >= 4 is 17.0 Å². The summed E-state index contributed by atoms with van der Waals surface area (Å²) in [5.74, 6) is 2.32. The maximum Gasteiger partial charge on any atom is 0.165 e. The average molecular weight is 352 g/mol. The third-order valence-electron chi connectivity index (χ3n) is 4.94. The van der Waals surface area contributed by atoms with Crippen LogP contribution >= 0.6 is 0 Å². The summed E-state index contributed by atoms with van der Waals surface area (Å²) in [6.07, 6.45) is 9.50. The van der Waals surface area contributed by atoms with E-state index >= 15 is 0 Å². The predicted octanol–water partition coefficient (Wildman–Crippen LogP) is 2.29. The van der Waals surface area contributed by atoms with E-state index in [2.05, 4.69) is 36.7 Å². The van der Waals surface area contributed by atoms with Crippen molar-refractivity contribution in [2.45, 2.75) is 58.2 Å². The van der Waals surface area contributed by atoms with E-state index in [1.165, 1.54) is 0 Å². The van der Waals surface area contributed by atoms with E-state index in [-0.39, 0.29) is 6.04 Å². The second kappa shape index (κ2) is 6.95. The van der Waals surface area contributed by atoms with Crippen LogP contribution in [0.1, 0.15) is 38.4 Å². The lowest BCUT2D eigenvalue weighted by atomic mass is 9.92. The van der Waals surface area contributed by atoms with E-state index in [9.17, 15) is 0 Å². The van der Waals surface area contributed by atoms with Crippen molar-refractivity contribution in [1.82, 2.24) is 29.5 Å². The molecule has 1 aliphatic carbocycles. The molecule has 0 radical (unpaired) electrons. The van der Waals surface area contributed by atoms with Gasteiger partial charge in [-0.1, -0.05) is 0 Å². The van der Waals surface area contributed by atoms with Gasteiger partial charge in [0.1, 0.15) is 18.0 Å². The number of aromatic nitrogens is 6. The molecule has 2 unspecified atom stereocenters. The van der Waals surface area contributed by atoms with Gasteiger partial charge in [-0.05, 0) is 39.5 Å². The summed E-state index contributed by atoms with van der Waals surface area (Å²) in [6, 6.07) is 0.585. The monoisotopic (exact) mass is 352 g/mol. The Kier molecular flexibility index (Phi) is 4.50. The number of rotatable bonds is 4. The molecular weight excluding hydrogens is 328 g/mol. The number of aryl methyl sites for hydroxylation is 2. The molecule has 0 saturated heterocycles. The number of hydrogen-bond donors (Lipinski definition) is 2. The minimum Gasteiger partial charge on any atom is -0.365 e. The van der Waals surface area contributed by atoms with Gasteiger partial charge in [0.2, 0.25) is 0 Å². The first kappa shape index (κ1) is 16.8. The molecule has 0 bridgehead atoms. The smallest absolute Gasteiger partial charge is 0.165 e. The molecule has 4 rings (SSSR count). The lowest BCUT2D eigenvalue weighted by Gasteiger charge is -2.27. The quantitative estimate of drug-likeness (QED) is 0.741. The van der Waals surface area contributed by atoms with E-state index in [4.69, 9.17) is 10.7 Å². The second-order valence-electron chi connectivity index (χ2n) is 6.86. The lowest BCUT2D eigenvalue weighted by Crippen LogP contribution is -2.35. The summed E-state index contributed by atoms with van der Waals surface area (Å²) >= 11 is 0. The van der Waals surface area contributed by atoms with Crippen LogP contribution in [0.15, 0.2) is 18.7 Å². The largest absolute Gasteiger partial charge is 0.365 e. The Morgan fingerprint density at radius 1 is 1.19 bits per heavy atom. The summed E-state index contributed by atoms with van der Waals surface area (Å²) in [4.78, 5) is 22.3. The molecule has 8 nitrogen and oxygen atoms in total. The zero-order valence-corrected chi connectivity index (χ0v) is 15.2. The fraction of sp³-hybridized carbons (Fsp3) is 0.500. The molecule has 0 aromatic carbocycles. The summed E-state index contributed by atoms with van der Waals surface area (Å²) in [5, 5.41) is 3.54. The fourth-order valence-corrected chi connectivity index (χ4v) is 3.62. The van der Waals surface area contributed by atoms with E-state index in [0.717, 1.165) is 66.4 Å². The summed E-state index contributed by atoms with van der Waals surface area (Å²) < 4.78 is 2.07. The maximum atomic E-state index is 6.12. The van der Waals surface area contributed by atoms with Crippen molar-refractivity contribution in [3.05, 3.63) is 24.5 Å². The second-order valence-corrected chi connectivity index (χ2v) is 6.86. The van der Waals surface area contributed by atoms with Crippen LogP contribution in [-0.4, -0.2) is 41.6 Å². The van der Waals surface area contributed by atoms with Crippen LogP contribution in [0, 0.1) is 6.92 Å². The van der Waals surface area contributed by atoms with Crippen LogP contribution in [0.2, 0.25) is 0 Å². The normalized spacial score (nSPS) is 20.4. The van der Waals surface area contributed by atoms with E-state index in [0.29, 0.717) is 6.04 Å². The van der Waals surface area contributed by atoms with Crippen LogP contribution < -0.4 is 11.1 Å². The van der Waals surface area contributed by atoms with Gasteiger partial charge in [-0.25, -0.2) is 24.9 Å². The molecule has 26 heavy (non-hydrogen) atoms. The minimum atomic E-state index is 0.257. The Morgan fingerprint density at radius 2 is 2.00 bits per heavy atom. The Hall–Kier alpha value is -2.61. The van der Waals surface area contributed by atoms with Gasteiger partial charge in [0, 0.05) is 31.0 Å². The molecule has 8 heteroatoms. The first-order valence-corrected chi connectivity index (χ1v) is 9.18. The maximum absolute atomic E-state index is 6.12. The van der Waals surface area contributed by atoms with Crippen LogP contribution in [0.3, 0.4) is 0 Å². The first-order valence-electron chi connectivity index (χ1n) is 9.18. The number of fused-ring (bicyclic) bond motifs is 1. The van der Waals surface area contributed by atoms with Gasteiger partial charge in [0.15, 0.2) is 17.0 Å². The van der Waals surface area contributed by atoms with Gasteiger partial charge in [-0.15, -0.1) is 0 Å². The van der Waals surface area contributed by atoms with Crippen LogP contribution in [0.25, 0.3) is 22.6 Å². The highest BCUT2D eigenvalue weighted by Crippen LogP contribution is 2.28. The Balaban J connectivity index is 1.75. The highest BCUT2D eigenvalue weighted by molar-refractivity contribution is 5.86. The highest BCUT2D eigenvalue weighted by Gasteiger charge is 2.22. The van der Waals surface area contributed by atoms with Gasteiger partial charge in [0.05, 0.1) is 5.56 Å². The van der Waals surface area contributed by atoms with Gasteiger partial charge in [-0.3, -0.25) is 0 Å². The summed E-state index contributed by atoms with van der Waals surface area (Å²) in [6.45, 7) is 4.70. The molecule has 3 aromatic rings. The fourth-order valence-electron chi connectivity index (χ4n) is 3.62. The Morgan fingerprint density at radius 3 is 2.73 bits per heavy atom. The number of nitrogens with zero attached hydrogens (tertiary/aromatic N) is 6. The van der Waals surface area contributed by atoms with Gasteiger partial charge < -0.3 is 15.6 Å². The molecule has 0 amide bonds. The minimum absolute atomic E-state index is 0.257. The SMILES string of the molecule is CCn1c(-c2cnc(C)nc2)nc2c(NC3CCCC(N)C3)ncnc21.